The van der Waals surface area contributed by atoms with Gasteiger partial charge in [-0.1, -0.05) is 30.3 Å². The molecule has 1 N–H and O–H groups in total. The van der Waals surface area contributed by atoms with Gasteiger partial charge in [0.05, 0.1) is 5.75 Å². The minimum Gasteiger partial charge on any atom is -0.315 e. The molecular weight excluding hydrogens is 260 g/mol. The smallest absolute Gasteiger partial charge is 0.214 e. The van der Waals surface area contributed by atoms with E-state index in [9.17, 15) is 8.42 Å². The van der Waals surface area contributed by atoms with Crippen LogP contribution in [0.2, 0.25) is 0 Å². The van der Waals surface area contributed by atoms with Crippen molar-refractivity contribution >= 4 is 10.0 Å². The number of hydrogen-bond donors (Lipinski definition) is 1. The molecule has 2 heterocycles. The zero-order valence-electron chi connectivity index (χ0n) is 11.0. The molecule has 2 fully saturated rings. The molecule has 0 amide bonds. The maximum atomic E-state index is 12.4. The lowest BCUT2D eigenvalue weighted by Crippen LogP contribution is -2.40. The topological polar surface area (TPSA) is 49.4 Å². The average molecular weight is 280 g/mol. The molecule has 2 atom stereocenters. The number of sulfonamides is 1. The van der Waals surface area contributed by atoms with E-state index in [1.807, 2.05) is 30.3 Å². The van der Waals surface area contributed by atoms with Crippen LogP contribution in [-0.2, 0) is 16.4 Å². The monoisotopic (exact) mass is 280 g/mol. The van der Waals surface area contributed by atoms with Gasteiger partial charge in [-0.25, -0.2) is 8.42 Å². The second kappa shape index (κ2) is 5.23. The number of aryl methyl sites for hydroxylation is 1. The summed E-state index contributed by atoms with van der Waals surface area (Å²) in [4.78, 5) is 0. The summed E-state index contributed by atoms with van der Waals surface area (Å²) in [5.41, 5.74) is 1.09. The summed E-state index contributed by atoms with van der Waals surface area (Å²) in [6.45, 7) is 2.48. The Bertz CT molecular complexity index is 530. The first-order chi connectivity index (χ1) is 9.17. The third-order valence-electron chi connectivity index (χ3n) is 4.24. The zero-order valence-corrected chi connectivity index (χ0v) is 11.8. The van der Waals surface area contributed by atoms with Crippen molar-refractivity contribution < 1.29 is 8.42 Å². The third-order valence-corrected chi connectivity index (χ3v) is 6.13. The highest BCUT2D eigenvalue weighted by atomic mass is 32.2. The van der Waals surface area contributed by atoms with Crippen LogP contribution < -0.4 is 5.32 Å². The summed E-state index contributed by atoms with van der Waals surface area (Å²) in [7, 11) is -3.12. The molecule has 0 radical (unpaired) electrons. The first kappa shape index (κ1) is 13.1. The molecule has 4 nitrogen and oxygen atoms in total. The lowest BCUT2D eigenvalue weighted by Gasteiger charge is -2.22. The van der Waals surface area contributed by atoms with E-state index in [0.717, 1.165) is 25.1 Å². The van der Waals surface area contributed by atoms with Crippen molar-refractivity contribution in [2.24, 2.45) is 5.92 Å². The molecule has 2 aliphatic rings. The number of nitrogens with zero attached hydrogens (tertiary/aromatic N) is 1. The molecule has 1 aromatic carbocycles. The van der Waals surface area contributed by atoms with Gasteiger partial charge in [-0.15, -0.1) is 0 Å². The van der Waals surface area contributed by atoms with E-state index in [1.54, 1.807) is 4.31 Å². The van der Waals surface area contributed by atoms with Gasteiger partial charge in [0, 0.05) is 19.1 Å². The van der Waals surface area contributed by atoms with E-state index in [4.69, 9.17) is 0 Å². The van der Waals surface area contributed by atoms with Crippen molar-refractivity contribution in [1.82, 2.24) is 9.62 Å². The molecule has 0 saturated carbocycles. The Morgan fingerprint density at radius 2 is 2.00 bits per heavy atom. The van der Waals surface area contributed by atoms with Crippen molar-refractivity contribution in [3.63, 3.8) is 0 Å². The molecule has 3 rings (SSSR count). The lowest BCUT2D eigenvalue weighted by molar-refractivity contribution is 0.383. The standard InChI is InChI=1S/C14H20N2O2S/c17-19(18,9-7-12-4-2-1-3-5-12)16-8-6-13-10-15-11-14(13)16/h1-5,13-15H,6-11H2/t13-,14+/m0/s1. The van der Waals surface area contributed by atoms with Gasteiger partial charge in [0.15, 0.2) is 0 Å². The van der Waals surface area contributed by atoms with Crippen molar-refractivity contribution in [2.75, 3.05) is 25.4 Å². The van der Waals surface area contributed by atoms with Gasteiger partial charge < -0.3 is 5.32 Å². The molecular formula is C14H20N2O2S. The molecule has 0 aromatic heterocycles. The van der Waals surface area contributed by atoms with Gasteiger partial charge in [-0.05, 0) is 30.9 Å². The number of fused-ring (bicyclic) bond motifs is 1. The molecule has 5 heteroatoms. The second-order valence-electron chi connectivity index (χ2n) is 5.44. The van der Waals surface area contributed by atoms with Crippen LogP contribution in [0.5, 0.6) is 0 Å². The predicted octanol–water partition coefficient (Wildman–Crippen LogP) is 0.853. The molecule has 19 heavy (non-hydrogen) atoms. The molecule has 2 aliphatic heterocycles. The summed E-state index contributed by atoms with van der Waals surface area (Å²) >= 11 is 0. The normalized spacial score (nSPS) is 27.6. The van der Waals surface area contributed by atoms with Crippen LogP contribution in [0.1, 0.15) is 12.0 Å². The molecule has 0 spiro atoms. The van der Waals surface area contributed by atoms with E-state index >= 15 is 0 Å². The van der Waals surface area contributed by atoms with Crippen LogP contribution >= 0.6 is 0 Å². The van der Waals surface area contributed by atoms with Crippen LogP contribution in [0.4, 0.5) is 0 Å². The number of benzene rings is 1. The average Bonchev–Trinajstić information content (AvgIpc) is 3.00. The molecule has 0 bridgehead atoms. The van der Waals surface area contributed by atoms with Crippen LogP contribution in [0.25, 0.3) is 0 Å². The molecule has 104 valence electrons. The number of nitrogens with one attached hydrogen (secondary N) is 1. The fourth-order valence-electron chi connectivity index (χ4n) is 3.16. The van der Waals surface area contributed by atoms with E-state index in [2.05, 4.69) is 5.32 Å². The van der Waals surface area contributed by atoms with E-state index in [1.165, 1.54) is 0 Å². The second-order valence-corrected chi connectivity index (χ2v) is 7.48. The van der Waals surface area contributed by atoms with Crippen LogP contribution in [0, 0.1) is 5.92 Å². The Morgan fingerprint density at radius 1 is 1.21 bits per heavy atom. The minimum absolute atomic E-state index is 0.195. The highest BCUT2D eigenvalue weighted by Crippen LogP contribution is 2.29. The Balaban J connectivity index is 1.66. The third kappa shape index (κ3) is 2.68. The van der Waals surface area contributed by atoms with Crippen LogP contribution in [0.3, 0.4) is 0 Å². The number of rotatable bonds is 4. The van der Waals surface area contributed by atoms with Crippen LogP contribution in [0.15, 0.2) is 30.3 Å². The summed E-state index contributed by atoms with van der Waals surface area (Å²) in [5.74, 6) is 0.742. The summed E-state index contributed by atoms with van der Waals surface area (Å²) in [5, 5.41) is 3.29. The minimum atomic E-state index is -3.12. The van der Waals surface area contributed by atoms with Gasteiger partial charge in [-0.3, -0.25) is 0 Å². The number of hydrogen-bond acceptors (Lipinski definition) is 3. The van der Waals surface area contributed by atoms with Crippen molar-refractivity contribution in [2.45, 2.75) is 18.9 Å². The lowest BCUT2D eigenvalue weighted by atomic mass is 10.1. The Labute approximate surface area is 114 Å². The van der Waals surface area contributed by atoms with Gasteiger partial charge >= 0.3 is 0 Å². The highest BCUT2D eigenvalue weighted by molar-refractivity contribution is 7.89. The SMILES string of the molecule is O=S(=O)(CCc1ccccc1)N1CC[C@H]2CNC[C@H]21. The van der Waals surface area contributed by atoms with E-state index in [0.29, 0.717) is 18.9 Å². The summed E-state index contributed by atoms with van der Waals surface area (Å²) < 4.78 is 26.6. The first-order valence-corrected chi connectivity index (χ1v) is 8.52. The van der Waals surface area contributed by atoms with Gasteiger partial charge in [0.2, 0.25) is 10.0 Å². The quantitative estimate of drug-likeness (QED) is 0.889. The van der Waals surface area contributed by atoms with Gasteiger partial charge in [0.25, 0.3) is 0 Å². The molecule has 0 unspecified atom stereocenters. The Morgan fingerprint density at radius 3 is 2.79 bits per heavy atom. The fraction of sp³-hybridized carbons (Fsp3) is 0.571. The molecule has 1 aromatic rings. The van der Waals surface area contributed by atoms with Crippen molar-refractivity contribution in [1.29, 1.82) is 0 Å². The van der Waals surface area contributed by atoms with Gasteiger partial charge in [0.1, 0.15) is 0 Å². The zero-order chi connectivity index (χ0) is 13.3. The molecule has 2 saturated heterocycles. The van der Waals surface area contributed by atoms with E-state index in [-0.39, 0.29) is 11.8 Å². The van der Waals surface area contributed by atoms with Crippen molar-refractivity contribution in [3.8, 4) is 0 Å². The fourth-order valence-corrected chi connectivity index (χ4v) is 4.93. The van der Waals surface area contributed by atoms with E-state index < -0.39 is 10.0 Å². The van der Waals surface area contributed by atoms with Crippen molar-refractivity contribution in [3.05, 3.63) is 35.9 Å². The maximum Gasteiger partial charge on any atom is 0.214 e. The predicted molar refractivity (Wildman–Crippen MR) is 75.4 cm³/mol. The summed E-state index contributed by atoms with van der Waals surface area (Å²) in [6.07, 6.45) is 1.60. The Hall–Kier alpha value is -0.910. The van der Waals surface area contributed by atoms with Crippen LogP contribution in [-0.4, -0.2) is 44.2 Å². The molecule has 0 aliphatic carbocycles. The summed E-state index contributed by atoms with van der Waals surface area (Å²) in [6, 6.07) is 10.0. The van der Waals surface area contributed by atoms with Gasteiger partial charge in [-0.2, -0.15) is 4.31 Å². The maximum absolute atomic E-state index is 12.4. The Kier molecular flexibility index (Phi) is 3.60. The highest BCUT2D eigenvalue weighted by Gasteiger charge is 2.42. The largest absolute Gasteiger partial charge is 0.315 e. The first-order valence-electron chi connectivity index (χ1n) is 6.91.